The number of ether oxygens (including phenoxy) is 2. The molecule has 0 aliphatic rings. The Morgan fingerprint density at radius 1 is 0.438 bits per heavy atom. The van der Waals surface area contributed by atoms with Crippen LogP contribution in [-0.4, -0.2) is 74.9 Å². The maximum absolute atomic E-state index is 12.8. The van der Waals surface area contributed by atoms with Crippen LogP contribution in [0.5, 0.6) is 0 Å². The Bertz CT molecular complexity index is 1600. The van der Waals surface area contributed by atoms with Crippen LogP contribution in [-0.2, 0) is 32.7 Å². The number of allylic oxidation sites excluding steroid dienone is 18. The molecule has 0 aliphatic heterocycles. The third kappa shape index (κ3) is 57.8. The van der Waals surface area contributed by atoms with E-state index >= 15 is 0 Å². The molecule has 9 nitrogen and oxygen atoms in total. The molecular weight excluding hydrogens is 930 g/mol. The molecule has 0 aromatic carbocycles. The lowest BCUT2D eigenvalue weighted by atomic mass is 10.0. The van der Waals surface area contributed by atoms with Crippen molar-refractivity contribution >= 4 is 19.8 Å². The van der Waals surface area contributed by atoms with Crippen molar-refractivity contribution in [2.75, 3.05) is 47.5 Å². The number of rotatable bonds is 52. The van der Waals surface area contributed by atoms with Gasteiger partial charge in [0.25, 0.3) is 0 Å². The highest BCUT2D eigenvalue weighted by Crippen LogP contribution is 2.43. The van der Waals surface area contributed by atoms with Gasteiger partial charge < -0.3 is 18.9 Å². The molecule has 0 heterocycles. The van der Waals surface area contributed by atoms with Crippen molar-refractivity contribution in [1.29, 1.82) is 0 Å². The maximum atomic E-state index is 12.8. The Morgan fingerprint density at radius 3 is 1.16 bits per heavy atom. The molecule has 0 aliphatic carbocycles. The molecule has 0 amide bonds. The Kier molecular flexibility index (Phi) is 51.1. The van der Waals surface area contributed by atoms with Gasteiger partial charge in [0.1, 0.15) is 19.8 Å². The molecule has 0 aromatic heterocycles. The normalized spacial score (nSPS) is 14.1. The third-order valence-corrected chi connectivity index (χ3v) is 13.1. The molecule has 0 saturated carbocycles. The molecule has 0 bridgehead atoms. The van der Waals surface area contributed by atoms with Crippen LogP contribution in [0.3, 0.4) is 0 Å². The molecule has 0 radical (unpaired) electrons. The summed E-state index contributed by atoms with van der Waals surface area (Å²) in [6, 6.07) is 0. The van der Waals surface area contributed by atoms with Crippen molar-refractivity contribution in [2.24, 2.45) is 0 Å². The number of hydrogen-bond donors (Lipinski definition) is 1. The molecular formula is C63H109NO8P+. The van der Waals surface area contributed by atoms with Crippen molar-refractivity contribution in [1.82, 2.24) is 0 Å². The third-order valence-electron chi connectivity index (χ3n) is 12.1. The summed E-state index contributed by atoms with van der Waals surface area (Å²) in [7, 11) is 1.46. The molecule has 73 heavy (non-hydrogen) atoms. The van der Waals surface area contributed by atoms with Crippen LogP contribution in [0.15, 0.2) is 109 Å². The average molecular weight is 1040 g/mol. The lowest BCUT2D eigenvalue weighted by Gasteiger charge is -2.24. The number of esters is 2. The summed E-state index contributed by atoms with van der Waals surface area (Å²) in [5, 5.41) is 0. The fraction of sp³-hybridized carbons (Fsp3) is 0.683. The van der Waals surface area contributed by atoms with Gasteiger partial charge in [-0.15, -0.1) is 0 Å². The molecule has 418 valence electrons. The van der Waals surface area contributed by atoms with E-state index in [1.54, 1.807) is 0 Å². The molecule has 0 saturated heterocycles. The number of quaternary nitrogens is 1. The van der Waals surface area contributed by atoms with Gasteiger partial charge in [-0.1, -0.05) is 239 Å². The minimum absolute atomic E-state index is 0.0270. The SMILES string of the molecule is CC/C=C\C/C=C\C/C=C\C/C=C\C/C=C\C/C=C\C/C=C\C/C=C\C/C=C\CCCCCCCCCCCC(=O)OC(COC(=O)CCCCCCCCCCCCCC)COP(=O)(O)OCC[N+](C)(C)C. The highest BCUT2D eigenvalue weighted by Gasteiger charge is 2.27. The Morgan fingerprint density at radius 2 is 0.781 bits per heavy atom. The van der Waals surface area contributed by atoms with Crippen LogP contribution < -0.4 is 0 Å². The van der Waals surface area contributed by atoms with Crippen molar-refractivity contribution in [3.63, 3.8) is 0 Å². The van der Waals surface area contributed by atoms with E-state index in [0.29, 0.717) is 17.4 Å². The molecule has 0 aromatic rings. The number of hydrogen-bond acceptors (Lipinski definition) is 7. The van der Waals surface area contributed by atoms with Gasteiger partial charge in [0, 0.05) is 12.8 Å². The summed E-state index contributed by atoms with van der Waals surface area (Å²) in [5.74, 6) is -0.807. The monoisotopic (exact) mass is 1040 g/mol. The first-order chi connectivity index (χ1) is 35.5. The maximum Gasteiger partial charge on any atom is 0.472 e. The zero-order valence-corrected chi connectivity index (χ0v) is 48.2. The Hall–Kier alpha value is -3.33. The van der Waals surface area contributed by atoms with Gasteiger partial charge in [-0.25, -0.2) is 4.57 Å². The summed E-state index contributed by atoms with van der Waals surface area (Å²) in [4.78, 5) is 35.6. The summed E-state index contributed by atoms with van der Waals surface area (Å²) in [5.41, 5.74) is 0. The van der Waals surface area contributed by atoms with Gasteiger partial charge in [-0.05, 0) is 83.5 Å². The lowest BCUT2D eigenvalue weighted by molar-refractivity contribution is -0.870. The number of nitrogens with zero attached hydrogens (tertiary/aromatic N) is 1. The van der Waals surface area contributed by atoms with E-state index in [1.165, 1.54) is 89.9 Å². The Labute approximate surface area is 448 Å². The van der Waals surface area contributed by atoms with Crippen LogP contribution in [0.4, 0.5) is 0 Å². The first-order valence-corrected chi connectivity index (χ1v) is 30.6. The van der Waals surface area contributed by atoms with Crippen molar-refractivity contribution in [3.8, 4) is 0 Å². The summed E-state index contributed by atoms with van der Waals surface area (Å²) >= 11 is 0. The standard InChI is InChI=1S/C63H108NO8P/c1-6-8-10-12-14-16-18-20-21-22-23-24-25-26-27-28-29-30-31-32-33-34-35-36-37-38-39-40-41-42-43-44-46-48-50-52-54-56-63(66)72-61(60-71-73(67,68)70-58-57-64(3,4)5)59-69-62(65)55-53-51-49-47-45-19-17-15-13-11-9-7-2/h8,10,14,16,20-21,23-24,26-27,29-30,32-33,35-36,38-39,61H,6-7,9,11-13,15,17-19,22,25,28,31,34,37,40-60H2,1-5H3/p+1/b10-8-,16-14-,21-20-,24-23-,27-26-,30-29-,33-32-,36-35-,39-38-. The quantitative estimate of drug-likeness (QED) is 0.0211. The number of unbranched alkanes of at least 4 members (excludes halogenated alkanes) is 20. The fourth-order valence-electron chi connectivity index (χ4n) is 7.60. The van der Waals surface area contributed by atoms with Crippen LogP contribution in [0.1, 0.15) is 226 Å². The molecule has 2 atom stereocenters. The molecule has 1 N–H and O–H groups in total. The van der Waals surface area contributed by atoms with Gasteiger partial charge in [-0.2, -0.15) is 0 Å². The van der Waals surface area contributed by atoms with E-state index in [-0.39, 0.29) is 32.0 Å². The molecule has 0 fully saturated rings. The van der Waals surface area contributed by atoms with Crippen LogP contribution >= 0.6 is 7.82 Å². The lowest BCUT2D eigenvalue weighted by Crippen LogP contribution is -2.37. The van der Waals surface area contributed by atoms with Crippen LogP contribution in [0, 0.1) is 0 Å². The topological polar surface area (TPSA) is 108 Å². The molecule has 2 unspecified atom stereocenters. The summed E-state index contributed by atoms with van der Waals surface area (Å²) < 4.78 is 34.5. The second-order valence-corrected chi connectivity index (χ2v) is 21.8. The molecule has 0 rings (SSSR count). The van der Waals surface area contributed by atoms with E-state index in [9.17, 15) is 19.0 Å². The highest BCUT2D eigenvalue weighted by molar-refractivity contribution is 7.47. The molecule has 10 heteroatoms. The van der Waals surface area contributed by atoms with Gasteiger partial charge in [0.2, 0.25) is 0 Å². The van der Waals surface area contributed by atoms with E-state index in [4.69, 9.17) is 18.5 Å². The zero-order valence-electron chi connectivity index (χ0n) is 47.3. The van der Waals surface area contributed by atoms with Crippen molar-refractivity contribution in [2.45, 2.75) is 232 Å². The zero-order chi connectivity index (χ0) is 53.5. The van der Waals surface area contributed by atoms with E-state index < -0.39 is 26.5 Å². The smallest absolute Gasteiger partial charge is 0.462 e. The predicted molar refractivity (Wildman–Crippen MR) is 311 cm³/mol. The predicted octanol–water partition coefficient (Wildman–Crippen LogP) is 18.2. The second-order valence-electron chi connectivity index (χ2n) is 20.3. The minimum atomic E-state index is -4.39. The number of phosphoric acid groups is 1. The van der Waals surface area contributed by atoms with Crippen molar-refractivity contribution in [3.05, 3.63) is 109 Å². The van der Waals surface area contributed by atoms with Gasteiger partial charge in [0.05, 0.1) is 27.7 Å². The second kappa shape index (κ2) is 53.5. The van der Waals surface area contributed by atoms with Gasteiger partial charge in [-0.3, -0.25) is 18.6 Å². The first kappa shape index (κ1) is 69.7. The summed E-state index contributed by atoms with van der Waals surface area (Å²) in [6.07, 6.45) is 74.5. The van der Waals surface area contributed by atoms with E-state index in [0.717, 1.165) is 103 Å². The van der Waals surface area contributed by atoms with Gasteiger partial charge in [0.15, 0.2) is 6.10 Å². The van der Waals surface area contributed by atoms with E-state index in [1.807, 2.05) is 21.1 Å². The number of carbonyl (C=O) groups is 2. The summed E-state index contributed by atoms with van der Waals surface area (Å²) in [6.45, 7) is 4.30. The average Bonchev–Trinajstić information content (AvgIpc) is 3.35. The fourth-order valence-corrected chi connectivity index (χ4v) is 8.34. The number of carbonyl (C=O) groups excluding carboxylic acids is 2. The molecule has 0 spiro atoms. The number of likely N-dealkylation sites (N-methyl/N-ethyl adjacent to an activating group) is 1. The largest absolute Gasteiger partial charge is 0.472 e. The minimum Gasteiger partial charge on any atom is -0.462 e. The van der Waals surface area contributed by atoms with E-state index in [2.05, 4.69) is 123 Å². The highest BCUT2D eigenvalue weighted by atomic mass is 31.2. The Balaban J connectivity index is 4.10. The van der Waals surface area contributed by atoms with Gasteiger partial charge >= 0.3 is 19.8 Å². The first-order valence-electron chi connectivity index (χ1n) is 29.1. The van der Waals surface area contributed by atoms with Crippen LogP contribution in [0.25, 0.3) is 0 Å². The van der Waals surface area contributed by atoms with Crippen LogP contribution in [0.2, 0.25) is 0 Å². The van der Waals surface area contributed by atoms with Crippen molar-refractivity contribution < 1.29 is 42.1 Å². The number of phosphoric ester groups is 1.